The van der Waals surface area contributed by atoms with Crippen LogP contribution in [0.15, 0.2) is 158 Å². The van der Waals surface area contributed by atoms with E-state index in [0.29, 0.717) is 28.6 Å². The van der Waals surface area contributed by atoms with Crippen LogP contribution in [0, 0.1) is 0 Å². The molecule has 0 spiro atoms. The van der Waals surface area contributed by atoms with Crippen molar-refractivity contribution in [1.82, 2.24) is 49.6 Å². The minimum atomic E-state index is -0.557. The van der Waals surface area contributed by atoms with Crippen molar-refractivity contribution in [2.75, 3.05) is 24.9 Å². The van der Waals surface area contributed by atoms with E-state index in [2.05, 4.69) is 72.4 Å². The number of nitrogens with one attached hydrogen (secondary N) is 2. The molecule has 404 valence electrons. The predicted molar refractivity (Wildman–Crippen MR) is 305 cm³/mol. The first-order chi connectivity index (χ1) is 38.5. The average Bonchev–Trinajstić information content (AvgIpc) is 4.55. The van der Waals surface area contributed by atoms with Gasteiger partial charge in [-0.25, -0.2) is 19.6 Å². The van der Waals surface area contributed by atoms with Crippen LogP contribution in [0.25, 0.3) is 56.3 Å². The fourth-order valence-electron chi connectivity index (χ4n) is 9.67. The Kier molecular flexibility index (Phi) is 13.8. The minimum absolute atomic E-state index is 0.202. The van der Waals surface area contributed by atoms with Crippen molar-refractivity contribution in [2.45, 2.75) is 89.3 Å². The molecule has 0 saturated heterocycles. The zero-order valence-electron chi connectivity index (χ0n) is 45.8. The monoisotopic (exact) mass is 1070 g/mol. The molecule has 18 heteroatoms. The summed E-state index contributed by atoms with van der Waals surface area (Å²) in [5, 5.41) is 32.9. The summed E-state index contributed by atoms with van der Waals surface area (Å²) in [6.45, 7) is 11.0. The second-order valence-electron chi connectivity index (χ2n) is 21.9. The highest BCUT2D eigenvalue weighted by Crippen LogP contribution is 2.54. The molecule has 2 fully saturated rings. The molecule has 2 aliphatic rings. The SMILES string of the molecule is COc1ccc(C2(c3nnc4nc(-c5cccc(-c6ccc(NC(=O)OC(C)(C)C)cc6)c5)cnn34)CC2)cc1.COc1ccc(C2(c3nnc4ncc(-c5cccc(-c6ccc(NC(=O)OC(C)(C)C)cc6)c5)nn34)CC2)cc1. The molecule has 6 aromatic carbocycles. The van der Waals surface area contributed by atoms with E-state index >= 15 is 0 Å². The fraction of sp³-hybridized carbons (Fsp3) is 0.258. The highest BCUT2D eigenvalue weighted by atomic mass is 16.6. The molecule has 2 amide bonds. The normalized spacial score (nSPS) is 14.1. The summed E-state index contributed by atoms with van der Waals surface area (Å²) in [6, 6.07) is 47.7. The first kappa shape index (κ1) is 52.5. The number of nitrogens with zero attached hydrogens (tertiary/aromatic N) is 10. The van der Waals surface area contributed by atoms with Gasteiger partial charge in [0, 0.05) is 22.5 Å². The molecule has 4 aromatic heterocycles. The zero-order valence-corrected chi connectivity index (χ0v) is 45.8. The molecule has 4 heterocycles. The Morgan fingerprint density at radius 1 is 0.487 bits per heavy atom. The Morgan fingerprint density at radius 3 is 1.38 bits per heavy atom. The lowest BCUT2D eigenvalue weighted by Gasteiger charge is -2.19. The number of methoxy groups -OCH3 is 2. The molecule has 0 aliphatic heterocycles. The third kappa shape index (κ3) is 11.2. The first-order valence-corrected chi connectivity index (χ1v) is 26.4. The second-order valence-corrected chi connectivity index (χ2v) is 21.9. The van der Waals surface area contributed by atoms with Gasteiger partial charge in [-0.3, -0.25) is 10.6 Å². The number of hydrogen-bond donors (Lipinski definition) is 2. The van der Waals surface area contributed by atoms with E-state index in [9.17, 15) is 9.59 Å². The topological polar surface area (TPSA) is 207 Å². The van der Waals surface area contributed by atoms with Gasteiger partial charge in [-0.1, -0.05) is 84.9 Å². The molecule has 18 nitrogen and oxygen atoms in total. The van der Waals surface area contributed by atoms with Gasteiger partial charge in [-0.2, -0.15) is 19.2 Å². The van der Waals surface area contributed by atoms with E-state index in [-0.39, 0.29) is 10.8 Å². The Morgan fingerprint density at radius 2 is 0.925 bits per heavy atom. The summed E-state index contributed by atoms with van der Waals surface area (Å²) < 4.78 is 24.8. The molecule has 80 heavy (non-hydrogen) atoms. The quantitative estimate of drug-likeness (QED) is 0.117. The van der Waals surface area contributed by atoms with Gasteiger partial charge in [0.25, 0.3) is 11.6 Å². The molecule has 0 unspecified atom stereocenters. The largest absolute Gasteiger partial charge is 0.497 e. The second kappa shape index (κ2) is 21.0. The van der Waals surface area contributed by atoms with E-state index in [0.717, 1.165) is 87.9 Å². The van der Waals surface area contributed by atoms with Gasteiger partial charge in [0.15, 0.2) is 11.6 Å². The van der Waals surface area contributed by atoms with E-state index < -0.39 is 23.4 Å². The van der Waals surface area contributed by atoms with Crippen LogP contribution in [0.1, 0.15) is 90.0 Å². The molecule has 2 N–H and O–H groups in total. The van der Waals surface area contributed by atoms with Gasteiger partial charge in [0.1, 0.15) is 28.4 Å². The summed E-state index contributed by atoms with van der Waals surface area (Å²) in [5.74, 6) is 4.19. The lowest BCUT2D eigenvalue weighted by Crippen LogP contribution is -2.27. The molecule has 2 aliphatic carbocycles. The molecule has 12 rings (SSSR count). The fourth-order valence-corrected chi connectivity index (χ4v) is 9.67. The number of carbonyl (C=O) groups is 2. The van der Waals surface area contributed by atoms with Crippen LogP contribution in [-0.4, -0.2) is 87.2 Å². The summed E-state index contributed by atoms with van der Waals surface area (Å²) in [4.78, 5) is 33.5. The van der Waals surface area contributed by atoms with Gasteiger partial charge >= 0.3 is 12.2 Å². The number of fused-ring (bicyclic) bond motifs is 2. The number of hydrogen-bond acceptors (Lipinski definition) is 14. The maximum Gasteiger partial charge on any atom is 0.412 e. The number of aromatic nitrogens is 10. The van der Waals surface area contributed by atoms with Crippen LogP contribution in [0.5, 0.6) is 11.5 Å². The number of amides is 2. The van der Waals surface area contributed by atoms with E-state index in [1.807, 2.05) is 151 Å². The van der Waals surface area contributed by atoms with Crippen LogP contribution in [0.2, 0.25) is 0 Å². The number of carbonyl (C=O) groups excluding carboxylic acids is 2. The van der Waals surface area contributed by atoms with Crippen molar-refractivity contribution in [3.8, 4) is 56.3 Å². The molecule has 10 aromatic rings. The van der Waals surface area contributed by atoms with Crippen molar-refractivity contribution in [3.63, 3.8) is 0 Å². The maximum absolute atomic E-state index is 12.1. The number of ether oxygens (including phenoxy) is 4. The maximum atomic E-state index is 12.1. The van der Waals surface area contributed by atoms with Crippen molar-refractivity contribution in [2.24, 2.45) is 0 Å². The number of benzene rings is 6. The van der Waals surface area contributed by atoms with Crippen LogP contribution in [-0.2, 0) is 20.3 Å². The third-order valence-corrected chi connectivity index (χ3v) is 14.0. The molecular formula is C62H60N12O6. The summed E-state index contributed by atoms with van der Waals surface area (Å²) in [6.07, 6.45) is 6.44. The molecule has 2 saturated carbocycles. The van der Waals surface area contributed by atoms with Crippen LogP contribution in [0.3, 0.4) is 0 Å². The van der Waals surface area contributed by atoms with Crippen LogP contribution >= 0.6 is 0 Å². The Bertz CT molecular complexity index is 3880. The van der Waals surface area contributed by atoms with E-state index in [4.69, 9.17) is 34.1 Å². The highest BCUT2D eigenvalue weighted by Gasteiger charge is 2.51. The zero-order chi connectivity index (χ0) is 55.8. The summed E-state index contributed by atoms with van der Waals surface area (Å²) >= 11 is 0. The van der Waals surface area contributed by atoms with E-state index in [1.165, 1.54) is 11.1 Å². The van der Waals surface area contributed by atoms with Crippen molar-refractivity contribution in [3.05, 3.63) is 181 Å². The smallest absolute Gasteiger partial charge is 0.412 e. The highest BCUT2D eigenvalue weighted by molar-refractivity contribution is 5.86. The summed E-state index contributed by atoms with van der Waals surface area (Å²) in [5.41, 5.74) is 9.46. The predicted octanol–water partition coefficient (Wildman–Crippen LogP) is 12.6. The van der Waals surface area contributed by atoms with Crippen molar-refractivity contribution in [1.29, 1.82) is 0 Å². The first-order valence-electron chi connectivity index (χ1n) is 26.4. The molecule has 0 atom stereocenters. The van der Waals surface area contributed by atoms with Gasteiger partial charge < -0.3 is 18.9 Å². The minimum Gasteiger partial charge on any atom is -0.497 e. The van der Waals surface area contributed by atoms with Crippen molar-refractivity contribution >= 4 is 35.1 Å². The molecular weight excluding hydrogens is 1010 g/mol. The van der Waals surface area contributed by atoms with Gasteiger partial charge in [-0.15, -0.1) is 20.4 Å². The molecule has 0 radical (unpaired) electrons. The average molecular weight is 1070 g/mol. The van der Waals surface area contributed by atoms with Gasteiger partial charge in [0.2, 0.25) is 0 Å². The van der Waals surface area contributed by atoms with Crippen LogP contribution in [0.4, 0.5) is 21.0 Å². The van der Waals surface area contributed by atoms with Crippen molar-refractivity contribution < 1.29 is 28.5 Å². The number of anilines is 2. The Hall–Kier alpha value is -9.58. The Balaban J connectivity index is 0.000000169. The van der Waals surface area contributed by atoms with Crippen LogP contribution < -0.4 is 20.1 Å². The lowest BCUT2D eigenvalue weighted by atomic mass is 9.95. The lowest BCUT2D eigenvalue weighted by molar-refractivity contribution is 0.0624. The third-order valence-electron chi connectivity index (χ3n) is 14.0. The van der Waals surface area contributed by atoms with E-state index in [1.54, 1.807) is 35.6 Å². The van der Waals surface area contributed by atoms with Gasteiger partial charge in [0.05, 0.1) is 43.1 Å². The van der Waals surface area contributed by atoms with Gasteiger partial charge in [-0.05, 0) is 161 Å². The standard InChI is InChI=1S/2C31H30N6O3/c1-30(2,3)40-29(38)33-24-12-8-20(9-13-24)21-6-5-7-22(18-21)26-19-32-37-27(35-36-28(37)34-26)31(16-17-31)23-10-14-25(39-4)15-11-23;1-30(2,3)40-29(38)33-24-12-8-20(9-13-24)21-6-5-7-22(18-21)26-19-32-28-35-34-27(37(28)36-26)31(16-17-31)23-10-14-25(39-4)15-11-23/h2*5-15,18-19H,16-17H2,1-4H3,(H,33,38). The number of rotatable bonds is 12. The Labute approximate surface area is 462 Å². The molecule has 0 bridgehead atoms. The summed E-state index contributed by atoms with van der Waals surface area (Å²) in [7, 11) is 3.33.